The molecule has 22 heavy (non-hydrogen) atoms. The Hall–Kier alpha value is -2.54. The summed E-state index contributed by atoms with van der Waals surface area (Å²) in [6, 6.07) is 6.97. The predicted octanol–water partition coefficient (Wildman–Crippen LogP) is 2.18. The van der Waals surface area contributed by atoms with E-state index in [1.54, 1.807) is 11.6 Å². The highest BCUT2D eigenvalue weighted by Gasteiger charge is 2.08. The Kier molecular flexibility index (Phi) is 3.97. The fraction of sp³-hybridized carbons (Fsp3) is 0.133. The topological polar surface area (TPSA) is 60.7 Å². The zero-order valence-corrected chi connectivity index (χ0v) is 12.2. The van der Waals surface area contributed by atoms with Crippen LogP contribution in [0, 0.1) is 5.82 Å². The number of nitrogens with zero attached hydrogens (tertiary/aromatic N) is 2. The Labute approximate surface area is 128 Å². The van der Waals surface area contributed by atoms with Crippen LogP contribution < -0.4 is 5.56 Å². The van der Waals surface area contributed by atoms with Gasteiger partial charge in [0.1, 0.15) is 12.4 Å². The molecule has 3 aromatic rings. The first-order valence-corrected chi connectivity index (χ1v) is 7.35. The highest BCUT2D eigenvalue weighted by Crippen LogP contribution is 2.08. The lowest BCUT2D eigenvalue weighted by atomic mass is 10.1. The van der Waals surface area contributed by atoms with Crippen molar-refractivity contribution in [1.82, 2.24) is 9.38 Å². The second-order valence-corrected chi connectivity index (χ2v) is 5.48. The Balaban J connectivity index is 1.64. The molecule has 7 heteroatoms. The Bertz CT molecular complexity index is 870. The summed E-state index contributed by atoms with van der Waals surface area (Å²) in [5.74, 6) is -0.814. The van der Waals surface area contributed by atoms with Crippen molar-refractivity contribution in [2.24, 2.45) is 0 Å². The maximum absolute atomic E-state index is 12.8. The molecule has 0 radical (unpaired) electrons. The summed E-state index contributed by atoms with van der Waals surface area (Å²) in [6.07, 6.45) is 1.68. The van der Waals surface area contributed by atoms with Crippen molar-refractivity contribution in [3.63, 3.8) is 0 Å². The maximum Gasteiger partial charge on any atom is 0.310 e. The molecule has 0 amide bonds. The van der Waals surface area contributed by atoms with Crippen LogP contribution >= 0.6 is 11.3 Å². The second-order valence-electron chi connectivity index (χ2n) is 4.61. The summed E-state index contributed by atoms with van der Waals surface area (Å²) in [7, 11) is 0. The summed E-state index contributed by atoms with van der Waals surface area (Å²) < 4.78 is 19.3. The maximum atomic E-state index is 12.8. The van der Waals surface area contributed by atoms with Crippen molar-refractivity contribution in [2.45, 2.75) is 13.0 Å². The molecule has 0 saturated carbocycles. The van der Waals surface area contributed by atoms with E-state index in [9.17, 15) is 14.0 Å². The number of fused-ring (bicyclic) bond motifs is 1. The lowest BCUT2D eigenvalue weighted by Crippen LogP contribution is -2.15. The van der Waals surface area contributed by atoms with Gasteiger partial charge in [-0.05, 0) is 17.7 Å². The summed E-state index contributed by atoms with van der Waals surface area (Å²) in [4.78, 5) is 28.3. The molecule has 0 N–H and O–H groups in total. The number of hydrogen-bond donors (Lipinski definition) is 0. The van der Waals surface area contributed by atoms with Gasteiger partial charge in [0.15, 0.2) is 4.96 Å². The molecule has 0 unspecified atom stereocenters. The van der Waals surface area contributed by atoms with Gasteiger partial charge in [0.05, 0.1) is 12.1 Å². The molecular formula is C15H11FN2O3S. The lowest BCUT2D eigenvalue weighted by Gasteiger charge is -2.05. The first kappa shape index (κ1) is 14.4. The average molecular weight is 318 g/mol. The molecular weight excluding hydrogens is 307 g/mol. The smallest absolute Gasteiger partial charge is 0.310 e. The Morgan fingerprint density at radius 2 is 2.09 bits per heavy atom. The van der Waals surface area contributed by atoms with Gasteiger partial charge >= 0.3 is 5.97 Å². The summed E-state index contributed by atoms with van der Waals surface area (Å²) in [5.41, 5.74) is 0.851. The van der Waals surface area contributed by atoms with Crippen LogP contribution in [-0.2, 0) is 22.6 Å². The van der Waals surface area contributed by atoms with Crippen molar-refractivity contribution in [1.29, 1.82) is 0 Å². The Morgan fingerprint density at radius 1 is 1.32 bits per heavy atom. The van der Waals surface area contributed by atoms with Crippen molar-refractivity contribution in [3.8, 4) is 0 Å². The minimum absolute atomic E-state index is 0.0422. The number of rotatable bonds is 4. The summed E-state index contributed by atoms with van der Waals surface area (Å²) in [6.45, 7) is -0.0658. The van der Waals surface area contributed by atoms with Crippen molar-refractivity contribution in [2.75, 3.05) is 0 Å². The molecule has 0 aliphatic rings. The third-order valence-corrected chi connectivity index (χ3v) is 3.76. The average Bonchev–Trinajstić information content (AvgIpc) is 2.97. The van der Waals surface area contributed by atoms with Crippen LogP contribution in [0.4, 0.5) is 4.39 Å². The Morgan fingerprint density at radius 3 is 2.86 bits per heavy atom. The molecule has 2 heterocycles. The van der Waals surface area contributed by atoms with Crippen LogP contribution in [0.15, 0.2) is 46.7 Å². The normalized spacial score (nSPS) is 10.8. The number of ether oxygens (including phenoxy) is 1. The highest BCUT2D eigenvalue weighted by molar-refractivity contribution is 7.15. The van der Waals surface area contributed by atoms with E-state index in [-0.39, 0.29) is 24.4 Å². The minimum atomic E-state index is -0.459. The molecule has 1 aromatic carbocycles. The van der Waals surface area contributed by atoms with Crippen molar-refractivity contribution >= 4 is 22.3 Å². The van der Waals surface area contributed by atoms with Crippen molar-refractivity contribution < 1.29 is 13.9 Å². The molecule has 0 atom stereocenters. The highest BCUT2D eigenvalue weighted by atomic mass is 32.1. The first-order chi connectivity index (χ1) is 10.6. The van der Waals surface area contributed by atoms with Gasteiger partial charge < -0.3 is 4.74 Å². The fourth-order valence-electron chi connectivity index (χ4n) is 1.94. The number of hydrogen-bond acceptors (Lipinski definition) is 5. The summed E-state index contributed by atoms with van der Waals surface area (Å²) >= 11 is 1.33. The molecule has 2 aromatic heterocycles. The third kappa shape index (κ3) is 3.20. The van der Waals surface area contributed by atoms with Crippen LogP contribution in [0.5, 0.6) is 0 Å². The van der Waals surface area contributed by atoms with E-state index in [2.05, 4.69) is 4.98 Å². The molecule has 0 aliphatic heterocycles. The number of esters is 1. The monoisotopic (exact) mass is 318 g/mol. The van der Waals surface area contributed by atoms with E-state index in [0.717, 1.165) is 0 Å². The van der Waals surface area contributed by atoms with Crippen molar-refractivity contribution in [3.05, 3.63) is 69.3 Å². The molecule has 0 spiro atoms. The van der Waals surface area contributed by atoms with Gasteiger partial charge in [0, 0.05) is 17.6 Å². The van der Waals surface area contributed by atoms with Crippen LogP contribution in [0.2, 0.25) is 0 Å². The number of thiazole rings is 1. The van der Waals surface area contributed by atoms with Crippen LogP contribution in [-0.4, -0.2) is 15.4 Å². The summed E-state index contributed by atoms with van der Waals surface area (Å²) in [5, 5.41) is 1.76. The third-order valence-electron chi connectivity index (χ3n) is 3.00. The van der Waals surface area contributed by atoms with Crippen LogP contribution in [0.25, 0.3) is 4.96 Å². The standard InChI is InChI=1S/C15H11FN2O3S/c16-11-3-1-10(2-4-11)7-14(20)21-9-12-8-13(19)18-5-6-22-15(18)17-12/h1-6,8H,7,9H2. The van der Waals surface area contributed by atoms with Gasteiger partial charge in [-0.25, -0.2) is 9.37 Å². The molecule has 0 saturated heterocycles. The van der Waals surface area contributed by atoms with Gasteiger partial charge in [0.25, 0.3) is 5.56 Å². The van der Waals surface area contributed by atoms with E-state index in [1.165, 1.54) is 46.1 Å². The molecule has 3 rings (SSSR count). The number of carbonyl (C=O) groups is 1. The largest absolute Gasteiger partial charge is 0.459 e. The van der Waals surface area contributed by atoms with E-state index in [0.29, 0.717) is 16.2 Å². The number of halogens is 1. The number of aromatic nitrogens is 2. The molecule has 0 aliphatic carbocycles. The van der Waals surface area contributed by atoms with Gasteiger partial charge in [0.2, 0.25) is 0 Å². The zero-order valence-electron chi connectivity index (χ0n) is 11.4. The van der Waals surface area contributed by atoms with E-state index >= 15 is 0 Å². The SMILES string of the molecule is O=C(Cc1ccc(F)cc1)OCc1cc(=O)n2ccsc2n1. The predicted molar refractivity (Wildman–Crippen MR) is 79.2 cm³/mol. The number of carbonyl (C=O) groups excluding carboxylic acids is 1. The van der Waals surface area contributed by atoms with Gasteiger partial charge in [-0.15, -0.1) is 11.3 Å². The lowest BCUT2D eigenvalue weighted by molar-refractivity contribution is -0.144. The second kappa shape index (κ2) is 6.07. The van der Waals surface area contributed by atoms with E-state index < -0.39 is 5.97 Å². The number of benzene rings is 1. The fourth-order valence-corrected chi connectivity index (χ4v) is 2.67. The quantitative estimate of drug-likeness (QED) is 0.692. The molecule has 0 fully saturated rings. The zero-order chi connectivity index (χ0) is 15.5. The first-order valence-electron chi connectivity index (χ1n) is 6.48. The van der Waals surface area contributed by atoms with Gasteiger partial charge in [-0.2, -0.15) is 0 Å². The molecule has 0 bridgehead atoms. The van der Waals surface area contributed by atoms with E-state index in [4.69, 9.17) is 4.74 Å². The van der Waals surface area contributed by atoms with Gasteiger partial charge in [-0.3, -0.25) is 14.0 Å². The molecule has 5 nitrogen and oxygen atoms in total. The minimum Gasteiger partial charge on any atom is -0.459 e. The van der Waals surface area contributed by atoms with Crippen LogP contribution in [0.3, 0.4) is 0 Å². The van der Waals surface area contributed by atoms with E-state index in [1.807, 2.05) is 0 Å². The van der Waals surface area contributed by atoms with Crippen LogP contribution in [0.1, 0.15) is 11.3 Å². The van der Waals surface area contributed by atoms with Gasteiger partial charge in [-0.1, -0.05) is 12.1 Å². The molecule has 112 valence electrons.